The van der Waals surface area contributed by atoms with Crippen LogP contribution in [0.3, 0.4) is 0 Å². The molecule has 1 rings (SSSR count). The quantitative estimate of drug-likeness (QED) is 0.477. The van der Waals surface area contributed by atoms with Crippen molar-refractivity contribution in [3.05, 3.63) is 29.3 Å². The fourth-order valence-corrected chi connectivity index (χ4v) is 1.96. The Labute approximate surface area is 111 Å². The SMILES string of the molecule is CCc1cccc(S(=O)(=O)O)c1C=O.[NaH]. The summed E-state index contributed by atoms with van der Waals surface area (Å²) in [4.78, 5) is 10.4. The number of carbonyl (C=O) groups excluding carboxylic acids is 1. The van der Waals surface area contributed by atoms with E-state index in [0.29, 0.717) is 18.3 Å². The molecule has 4 nitrogen and oxygen atoms in total. The maximum absolute atomic E-state index is 10.9. The number of carbonyl (C=O) groups is 1. The van der Waals surface area contributed by atoms with Crippen molar-refractivity contribution in [1.29, 1.82) is 0 Å². The zero-order valence-corrected chi connectivity index (χ0v) is 8.41. The Kier molecular flexibility index (Phi) is 5.69. The van der Waals surface area contributed by atoms with E-state index in [1.165, 1.54) is 12.1 Å². The van der Waals surface area contributed by atoms with Gasteiger partial charge in [0.15, 0.2) is 6.29 Å². The normalized spacial score (nSPS) is 10.5. The summed E-state index contributed by atoms with van der Waals surface area (Å²) in [5.41, 5.74) is 0.646. The zero-order valence-electron chi connectivity index (χ0n) is 7.60. The zero-order chi connectivity index (χ0) is 10.8. The maximum atomic E-state index is 10.9. The van der Waals surface area contributed by atoms with Crippen LogP contribution in [0.25, 0.3) is 0 Å². The molecule has 0 atom stereocenters. The molecule has 0 aliphatic heterocycles. The molecule has 0 spiro atoms. The third kappa shape index (κ3) is 3.39. The van der Waals surface area contributed by atoms with Crippen molar-refractivity contribution < 1.29 is 17.8 Å². The molecule has 0 amide bonds. The molecule has 1 aromatic carbocycles. The molecule has 0 heterocycles. The molecule has 0 fully saturated rings. The second kappa shape index (κ2) is 5.77. The average molecular weight is 238 g/mol. The van der Waals surface area contributed by atoms with E-state index in [0.717, 1.165) is 0 Å². The van der Waals surface area contributed by atoms with Gasteiger partial charge in [-0.2, -0.15) is 8.42 Å². The van der Waals surface area contributed by atoms with Crippen molar-refractivity contribution in [2.75, 3.05) is 0 Å². The fourth-order valence-electron chi connectivity index (χ4n) is 1.26. The third-order valence-electron chi connectivity index (χ3n) is 1.93. The molecule has 1 aromatic rings. The molecular weight excluding hydrogens is 227 g/mol. The molecule has 6 heteroatoms. The topological polar surface area (TPSA) is 71.4 Å². The first-order chi connectivity index (χ1) is 6.50. The van der Waals surface area contributed by atoms with Gasteiger partial charge in [-0.15, -0.1) is 0 Å². The van der Waals surface area contributed by atoms with Crippen LogP contribution in [0.1, 0.15) is 22.8 Å². The first-order valence-corrected chi connectivity index (χ1v) is 5.49. The molecule has 0 aliphatic rings. The van der Waals surface area contributed by atoms with E-state index in [1.54, 1.807) is 13.0 Å². The number of aryl methyl sites for hydroxylation is 1. The van der Waals surface area contributed by atoms with Gasteiger partial charge in [0, 0.05) is 5.56 Å². The Morgan fingerprint density at radius 1 is 1.40 bits per heavy atom. The number of benzene rings is 1. The van der Waals surface area contributed by atoms with Crippen molar-refractivity contribution >= 4 is 46.0 Å². The van der Waals surface area contributed by atoms with Crippen molar-refractivity contribution in [2.45, 2.75) is 18.2 Å². The van der Waals surface area contributed by atoms with E-state index in [-0.39, 0.29) is 40.0 Å². The molecule has 0 aliphatic carbocycles. The Morgan fingerprint density at radius 3 is 2.40 bits per heavy atom. The van der Waals surface area contributed by atoms with E-state index in [4.69, 9.17) is 4.55 Å². The summed E-state index contributed by atoms with van der Waals surface area (Å²) in [6.45, 7) is 1.80. The number of hydrogen-bond acceptors (Lipinski definition) is 3. The Hall–Kier alpha value is -0.200. The summed E-state index contributed by atoms with van der Waals surface area (Å²) in [6.07, 6.45) is 0.985. The molecule has 0 aromatic heterocycles. The van der Waals surface area contributed by atoms with Gasteiger partial charge < -0.3 is 0 Å². The fraction of sp³-hybridized carbons (Fsp3) is 0.222. The summed E-state index contributed by atoms with van der Waals surface area (Å²) in [6, 6.07) is 4.35. The van der Waals surface area contributed by atoms with Crippen LogP contribution in [0.15, 0.2) is 23.1 Å². The van der Waals surface area contributed by atoms with E-state index < -0.39 is 10.1 Å². The first-order valence-electron chi connectivity index (χ1n) is 4.05. The summed E-state index contributed by atoms with van der Waals surface area (Å²) in [7, 11) is -4.31. The third-order valence-corrected chi connectivity index (χ3v) is 2.84. The van der Waals surface area contributed by atoms with E-state index in [9.17, 15) is 13.2 Å². The van der Waals surface area contributed by atoms with Crippen LogP contribution in [0.2, 0.25) is 0 Å². The average Bonchev–Trinajstić information content (AvgIpc) is 2.15. The Bertz CT molecular complexity index is 453. The van der Waals surface area contributed by atoms with Gasteiger partial charge in [0.2, 0.25) is 0 Å². The van der Waals surface area contributed by atoms with Gasteiger partial charge in [0.1, 0.15) is 4.90 Å². The van der Waals surface area contributed by atoms with Gasteiger partial charge in [0.05, 0.1) is 0 Å². The molecule has 78 valence electrons. The van der Waals surface area contributed by atoms with E-state index in [1.807, 2.05) is 0 Å². The predicted molar refractivity (Wildman–Crippen MR) is 58.2 cm³/mol. The Morgan fingerprint density at radius 2 is 2.00 bits per heavy atom. The van der Waals surface area contributed by atoms with Gasteiger partial charge in [0.25, 0.3) is 10.1 Å². The number of hydrogen-bond donors (Lipinski definition) is 1. The molecule has 0 saturated carbocycles. The minimum absolute atomic E-state index is 0. The summed E-state index contributed by atoms with van der Waals surface area (Å²) < 4.78 is 30.6. The summed E-state index contributed by atoms with van der Waals surface area (Å²) in [5, 5.41) is 0. The molecule has 0 radical (unpaired) electrons. The van der Waals surface area contributed by atoms with Crippen LogP contribution < -0.4 is 0 Å². The number of aldehydes is 1. The molecule has 15 heavy (non-hydrogen) atoms. The van der Waals surface area contributed by atoms with Gasteiger partial charge in [-0.3, -0.25) is 9.35 Å². The van der Waals surface area contributed by atoms with E-state index in [2.05, 4.69) is 0 Å². The second-order valence-electron chi connectivity index (χ2n) is 2.78. The van der Waals surface area contributed by atoms with Crippen molar-refractivity contribution in [1.82, 2.24) is 0 Å². The van der Waals surface area contributed by atoms with Gasteiger partial charge in [-0.25, -0.2) is 0 Å². The molecule has 0 bridgehead atoms. The van der Waals surface area contributed by atoms with Crippen molar-refractivity contribution in [3.63, 3.8) is 0 Å². The van der Waals surface area contributed by atoms with Crippen LogP contribution in [0.4, 0.5) is 0 Å². The van der Waals surface area contributed by atoms with Crippen LogP contribution in [-0.2, 0) is 16.5 Å². The molecular formula is C9H11NaO4S. The Balaban J connectivity index is 0.00000196. The van der Waals surface area contributed by atoms with Crippen LogP contribution in [0.5, 0.6) is 0 Å². The molecule has 0 unspecified atom stereocenters. The van der Waals surface area contributed by atoms with Crippen LogP contribution in [-0.4, -0.2) is 48.8 Å². The number of rotatable bonds is 3. The monoisotopic (exact) mass is 238 g/mol. The van der Waals surface area contributed by atoms with Gasteiger partial charge >= 0.3 is 29.6 Å². The second-order valence-corrected chi connectivity index (χ2v) is 4.17. The van der Waals surface area contributed by atoms with Gasteiger partial charge in [-0.05, 0) is 18.1 Å². The van der Waals surface area contributed by atoms with Crippen LogP contribution in [0, 0.1) is 0 Å². The van der Waals surface area contributed by atoms with Gasteiger partial charge in [-0.1, -0.05) is 19.1 Å². The van der Waals surface area contributed by atoms with Crippen LogP contribution >= 0.6 is 0 Å². The van der Waals surface area contributed by atoms with Crippen molar-refractivity contribution in [3.8, 4) is 0 Å². The molecule has 0 saturated heterocycles. The summed E-state index contributed by atoms with van der Waals surface area (Å²) in [5.74, 6) is 0. The summed E-state index contributed by atoms with van der Waals surface area (Å²) >= 11 is 0. The minimum atomic E-state index is -4.31. The standard InChI is InChI=1S/C9H10O4S.Na.H/c1-2-7-4-3-5-9(8(7)6-10)14(11,12)13;;/h3-6H,2H2,1H3,(H,11,12,13);;. The van der Waals surface area contributed by atoms with Crippen molar-refractivity contribution in [2.24, 2.45) is 0 Å². The first kappa shape index (κ1) is 14.8. The molecule has 1 N–H and O–H groups in total. The van der Waals surface area contributed by atoms with E-state index >= 15 is 0 Å². The predicted octanol–water partition coefficient (Wildman–Crippen LogP) is 0.660.